The van der Waals surface area contributed by atoms with Gasteiger partial charge >= 0.3 is 0 Å². The summed E-state index contributed by atoms with van der Waals surface area (Å²) >= 11 is 1.42. The Morgan fingerprint density at radius 3 is 2.08 bits per heavy atom. The normalized spacial score (nSPS) is 11.1. The van der Waals surface area contributed by atoms with Crippen molar-refractivity contribution in [1.82, 2.24) is 14.7 Å². The molecule has 0 saturated carbocycles. The fourth-order valence-electron chi connectivity index (χ4n) is 4.51. The van der Waals surface area contributed by atoms with E-state index in [0.717, 1.165) is 30.3 Å². The SMILES string of the molecule is CC(C)CN(CCC(=O)NCCC(c1ccccc1)c1ccccc1)c1nc(Cc2ccccc2)ns1. The van der Waals surface area contributed by atoms with Crippen LogP contribution in [0.4, 0.5) is 5.13 Å². The van der Waals surface area contributed by atoms with Gasteiger partial charge < -0.3 is 10.2 Å². The molecule has 37 heavy (non-hydrogen) atoms. The number of benzene rings is 3. The molecule has 1 amide bonds. The standard InChI is InChI=1S/C31H36N4OS/c1-24(2)23-35(31-33-29(34-37-31)22-25-12-6-3-7-13-25)21-19-30(36)32-20-18-28(26-14-8-4-9-15-26)27-16-10-5-11-17-27/h3-17,24,28H,18-23H2,1-2H3,(H,32,36). The number of hydrogen-bond donors (Lipinski definition) is 1. The molecule has 192 valence electrons. The van der Waals surface area contributed by atoms with Crippen LogP contribution in [0.2, 0.25) is 0 Å². The minimum Gasteiger partial charge on any atom is -0.356 e. The third-order valence-corrected chi connectivity index (χ3v) is 7.10. The van der Waals surface area contributed by atoms with Crippen LogP contribution in [0.15, 0.2) is 91.0 Å². The van der Waals surface area contributed by atoms with Gasteiger partial charge in [-0.25, -0.2) is 4.98 Å². The number of nitrogens with one attached hydrogen (secondary N) is 1. The van der Waals surface area contributed by atoms with Crippen LogP contribution < -0.4 is 10.2 Å². The Morgan fingerprint density at radius 1 is 0.892 bits per heavy atom. The van der Waals surface area contributed by atoms with Gasteiger partial charge in [-0.3, -0.25) is 4.79 Å². The van der Waals surface area contributed by atoms with E-state index in [4.69, 9.17) is 4.98 Å². The third kappa shape index (κ3) is 8.25. The Bertz CT molecular complexity index is 1170. The summed E-state index contributed by atoms with van der Waals surface area (Å²) in [6.07, 6.45) is 2.01. The van der Waals surface area contributed by atoms with Gasteiger partial charge in [0.05, 0.1) is 0 Å². The van der Waals surface area contributed by atoms with Crippen molar-refractivity contribution in [3.05, 3.63) is 114 Å². The maximum Gasteiger partial charge on any atom is 0.221 e. The lowest BCUT2D eigenvalue weighted by atomic mass is 9.88. The topological polar surface area (TPSA) is 58.1 Å². The summed E-state index contributed by atoms with van der Waals surface area (Å²) in [5.74, 6) is 1.62. The van der Waals surface area contributed by atoms with E-state index in [9.17, 15) is 4.79 Å². The fraction of sp³-hybridized carbons (Fsp3) is 0.323. The molecule has 0 spiro atoms. The molecule has 3 aromatic carbocycles. The van der Waals surface area contributed by atoms with E-state index in [0.29, 0.717) is 25.4 Å². The Hall–Kier alpha value is -3.51. The van der Waals surface area contributed by atoms with Gasteiger partial charge in [0.15, 0.2) is 0 Å². The zero-order valence-electron chi connectivity index (χ0n) is 21.7. The van der Waals surface area contributed by atoms with Gasteiger partial charge in [-0.15, -0.1) is 0 Å². The summed E-state index contributed by atoms with van der Waals surface area (Å²) in [4.78, 5) is 19.8. The van der Waals surface area contributed by atoms with Crippen LogP contribution in [0.3, 0.4) is 0 Å². The van der Waals surface area contributed by atoms with Gasteiger partial charge in [0.1, 0.15) is 5.82 Å². The second-order valence-electron chi connectivity index (χ2n) is 9.76. The molecule has 4 aromatic rings. The molecule has 5 nitrogen and oxygen atoms in total. The average molecular weight is 513 g/mol. The quantitative estimate of drug-likeness (QED) is 0.228. The summed E-state index contributed by atoms with van der Waals surface area (Å²) in [5, 5.41) is 4.04. The Labute approximate surface area is 224 Å². The Balaban J connectivity index is 1.31. The summed E-state index contributed by atoms with van der Waals surface area (Å²) in [5.41, 5.74) is 3.74. The van der Waals surface area contributed by atoms with Crippen molar-refractivity contribution in [2.75, 3.05) is 24.5 Å². The molecule has 0 radical (unpaired) electrons. The van der Waals surface area contributed by atoms with E-state index in [1.807, 2.05) is 30.3 Å². The van der Waals surface area contributed by atoms with Crippen molar-refractivity contribution < 1.29 is 4.79 Å². The smallest absolute Gasteiger partial charge is 0.221 e. The Morgan fingerprint density at radius 2 is 1.49 bits per heavy atom. The highest BCUT2D eigenvalue weighted by molar-refractivity contribution is 7.09. The van der Waals surface area contributed by atoms with Crippen molar-refractivity contribution in [3.8, 4) is 0 Å². The molecule has 0 unspecified atom stereocenters. The highest BCUT2D eigenvalue weighted by Crippen LogP contribution is 2.27. The third-order valence-electron chi connectivity index (χ3n) is 6.29. The summed E-state index contributed by atoms with van der Waals surface area (Å²) in [7, 11) is 0. The molecule has 1 aromatic heterocycles. The molecule has 0 atom stereocenters. The number of hydrogen-bond acceptors (Lipinski definition) is 5. The summed E-state index contributed by atoms with van der Waals surface area (Å²) < 4.78 is 4.58. The van der Waals surface area contributed by atoms with Crippen LogP contribution in [-0.4, -0.2) is 34.9 Å². The number of aromatic nitrogens is 2. The first-order valence-corrected chi connectivity index (χ1v) is 13.8. The molecular weight excluding hydrogens is 476 g/mol. The van der Waals surface area contributed by atoms with Crippen LogP contribution in [-0.2, 0) is 11.2 Å². The van der Waals surface area contributed by atoms with Gasteiger partial charge in [-0.2, -0.15) is 4.37 Å². The zero-order chi connectivity index (χ0) is 25.9. The zero-order valence-corrected chi connectivity index (χ0v) is 22.5. The molecule has 1 N–H and O–H groups in total. The summed E-state index contributed by atoms with van der Waals surface area (Å²) in [6.45, 7) is 6.48. The van der Waals surface area contributed by atoms with E-state index in [1.54, 1.807) is 0 Å². The summed E-state index contributed by atoms with van der Waals surface area (Å²) in [6, 6.07) is 31.3. The molecule has 0 aliphatic heterocycles. The van der Waals surface area contributed by atoms with Gasteiger partial charge in [0, 0.05) is 49.9 Å². The van der Waals surface area contributed by atoms with Gasteiger partial charge in [-0.1, -0.05) is 105 Å². The highest BCUT2D eigenvalue weighted by Gasteiger charge is 2.17. The second kappa shape index (κ2) is 13.7. The van der Waals surface area contributed by atoms with Crippen molar-refractivity contribution in [3.63, 3.8) is 0 Å². The number of nitrogens with zero attached hydrogens (tertiary/aromatic N) is 3. The van der Waals surface area contributed by atoms with Crippen molar-refractivity contribution in [2.24, 2.45) is 5.92 Å². The van der Waals surface area contributed by atoms with E-state index >= 15 is 0 Å². The maximum absolute atomic E-state index is 12.8. The van der Waals surface area contributed by atoms with Gasteiger partial charge in [-0.05, 0) is 29.0 Å². The average Bonchev–Trinajstić information content (AvgIpc) is 3.38. The number of rotatable bonds is 13. The first kappa shape index (κ1) is 26.6. The minimum atomic E-state index is 0.0719. The molecule has 0 bridgehead atoms. The molecule has 0 aliphatic rings. The number of anilines is 1. The first-order chi connectivity index (χ1) is 18.1. The second-order valence-corrected chi connectivity index (χ2v) is 10.5. The lowest BCUT2D eigenvalue weighted by molar-refractivity contribution is -0.120. The van der Waals surface area contributed by atoms with E-state index in [-0.39, 0.29) is 11.8 Å². The largest absolute Gasteiger partial charge is 0.356 e. The molecule has 0 saturated heterocycles. The molecule has 0 fully saturated rings. The molecule has 0 aliphatic carbocycles. The monoisotopic (exact) mass is 512 g/mol. The van der Waals surface area contributed by atoms with Crippen LogP contribution in [0.5, 0.6) is 0 Å². The fourth-order valence-corrected chi connectivity index (χ4v) is 5.23. The van der Waals surface area contributed by atoms with Crippen molar-refractivity contribution in [2.45, 2.75) is 39.0 Å². The first-order valence-electron chi connectivity index (χ1n) is 13.1. The maximum atomic E-state index is 12.8. The Kier molecular flexibility index (Phi) is 9.83. The van der Waals surface area contributed by atoms with Crippen LogP contribution in [0, 0.1) is 5.92 Å². The van der Waals surface area contributed by atoms with Crippen molar-refractivity contribution >= 4 is 22.6 Å². The van der Waals surface area contributed by atoms with Gasteiger partial charge in [0.2, 0.25) is 11.0 Å². The van der Waals surface area contributed by atoms with Crippen LogP contribution >= 0.6 is 11.5 Å². The number of amides is 1. The van der Waals surface area contributed by atoms with E-state index in [2.05, 4.69) is 89.1 Å². The van der Waals surface area contributed by atoms with Crippen LogP contribution in [0.25, 0.3) is 0 Å². The van der Waals surface area contributed by atoms with Gasteiger partial charge in [0.25, 0.3) is 0 Å². The lowest BCUT2D eigenvalue weighted by Crippen LogP contribution is -2.33. The van der Waals surface area contributed by atoms with Crippen LogP contribution in [0.1, 0.15) is 55.1 Å². The lowest BCUT2D eigenvalue weighted by Gasteiger charge is -2.23. The number of carbonyl (C=O) groups excluding carboxylic acids is 1. The predicted molar refractivity (Wildman–Crippen MR) is 153 cm³/mol. The molecule has 4 rings (SSSR count). The minimum absolute atomic E-state index is 0.0719. The highest BCUT2D eigenvalue weighted by atomic mass is 32.1. The van der Waals surface area contributed by atoms with Crippen molar-refractivity contribution in [1.29, 1.82) is 0 Å². The molecule has 1 heterocycles. The molecule has 6 heteroatoms. The molecular formula is C31H36N4OS. The number of carbonyl (C=O) groups is 1. The predicted octanol–water partition coefficient (Wildman–Crippen LogP) is 6.32. The van der Waals surface area contributed by atoms with E-state index < -0.39 is 0 Å². The van der Waals surface area contributed by atoms with E-state index in [1.165, 1.54) is 28.2 Å².